The molecule has 0 fully saturated rings. The fourth-order valence-electron chi connectivity index (χ4n) is 3.32. The first-order valence-electron chi connectivity index (χ1n) is 11.0. The predicted octanol–water partition coefficient (Wildman–Crippen LogP) is 4.68. The molecule has 176 valence electrons. The molecule has 7 heteroatoms. The molecule has 0 aliphatic rings. The van der Waals surface area contributed by atoms with E-state index >= 15 is 0 Å². The number of hydrogen-bond donors (Lipinski definition) is 2. The van der Waals surface area contributed by atoms with Crippen molar-refractivity contribution in [3.8, 4) is 11.5 Å². The Hall–Kier alpha value is -4.13. The van der Waals surface area contributed by atoms with Gasteiger partial charge in [-0.15, -0.1) is 0 Å². The van der Waals surface area contributed by atoms with E-state index in [1.165, 1.54) is 6.21 Å². The molecule has 0 atom stereocenters. The number of aryl methyl sites for hydroxylation is 3. The number of hydrazone groups is 1. The fraction of sp³-hybridized carbons (Fsp3) is 0.222. The zero-order valence-corrected chi connectivity index (χ0v) is 19.8. The fourth-order valence-corrected chi connectivity index (χ4v) is 3.32. The van der Waals surface area contributed by atoms with Crippen LogP contribution in [-0.2, 0) is 16.2 Å². The van der Waals surface area contributed by atoms with Gasteiger partial charge in [0.2, 0.25) is 0 Å². The number of amides is 2. The number of para-hydroxylation sites is 1. The molecule has 0 unspecified atom stereocenters. The maximum Gasteiger partial charge on any atom is 0.329 e. The zero-order valence-electron chi connectivity index (χ0n) is 19.8. The van der Waals surface area contributed by atoms with E-state index in [9.17, 15) is 9.59 Å². The lowest BCUT2D eigenvalue weighted by atomic mass is 10.1. The van der Waals surface area contributed by atoms with Gasteiger partial charge in [0.05, 0.1) is 12.8 Å². The lowest BCUT2D eigenvalue weighted by molar-refractivity contribution is -0.136. The Kier molecular flexibility index (Phi) is 8.40. The summed E-state index contributed by atoms with van der Waals surface area (Å²) >= 11 is 0. The summed E-state index contributed by atoms with van der Waals surface area (Å²) in [6.07, 6.45) is 1.44. The van der Waals surface area contributed by atoms with Crippen molar-refractivity contribution in [3.05, 3.63) is 88.5 Å². The summed E-state index contributed by atoms with van der Waals surface area (Å²) in [6, 6.07) is 19.0. The topological polar surface area (TPSA) is 89.0 Å². The molecule has 0 heterocycles. The number of carbonyl (C=O) groups is 2. The summed E-state index contributed by atoms with van der Waals surface area (Å²) in [7, 11) is 0. The SMILES string of the molecule is CCOc1cc(/C=N/NC(=O)C(=O)Nc2c(C)cccc2C)ccc1OCc1ccccc1C. The smallest absolute Gasteiger partial charge is 0.329 e. The highest BCUT2D eigenvalue weighted by molar-refractivity contribution is 6.39. The molecule has 0 radical (unpaired) electrons. The van der Waals surface area contributed by atoms with Crippen LogP contribution in [0.4, 0.5) is 5.69 Å². The van der Waals surface area contributed by atoms with Gasteiger partial charge in [-0.25, -0.2) is 5.43 Å². The highest BCUT2D eigenvalue weighted by Gasteiger charge is 2.15. The minimum Gasteiger partial charge on any atom is -0.490 e. The number of rotatable bonds is 8. The van der Waals surface area contributed by atoms with Crippen LogP contribution in [-0.4, -0.2) is 24.6 Å². The number of nitrogens with one attached hydrogen (secondary N) is 2. The van der Waals surface area contributed by atoms with Gasteiger partial charge in [-0.2, -0.15) is 5.10 Å². The van der Waals surface area contributed by atoms with Crippen molar-refractivity contribution in [2.45, 2.75) is 34.3 Å². The second kappa shape index (κ2) is 11.7. The van der Waals surface area contributed by atoms with Gasteiger partial charge in [-0.1, -0.05) is 42.5 Å². The number of anilines is 1. The Labute approximate surface area is 199 Å². The van der Waals surface area contributed by atoms with E-state index in [0.29, 0.717) is 36.0 Å². The largest absolute Gasteiger partial charge is 0.490 e. The molecule has 0 bridgehead atoms. The van der Waals surface area contributed by atoms with Gasteiger partial charge >= 0.3 is 11.8 Å². The average molecular weight is 460 g/mol. The molecule has 7 nitrogen and oxygen atoms in total. The Morgan fingerprint density at radius 2 is 1.56 bits per heavy atom. The highest BCUT2D eigenvalue weighted by atomic mass is 16.5. The Balaban J connectivity index is 1.62. The van der Waals surface area contributed by atoms with Crippen molar-refractivity contribution >= 4 is 23.7 Å². The maximum absolute atomic E-state index is 12.2. The number of benzene rings is 3. The van der Waals surface area contributed by atoms with Crippen molar-refractivity contribution in [1.29, 1.82) is 0 Å². The number of nitrogens with zero attached hydrogens (tertiary/aromatic N) is 1. The van der Waals surface area contributed by atoms with Crippen molar-refractivity contribution in [1.82, 2.24) is 5.43 Å². The molecule has 34 heavy (non-hydrogen) atoms. The van der Waals surface area contributed by atoms with Crippen LogP contribution in [0.5, 0.6) is 11.5 Å². The van der Waals surface area contributed by atoms with Gasteiger partial charge < -0.3 is 14.8 Å². The molecule has 0 spiro atoms. The van der Waals surface area contributed by atoms with E-state index in [1.807, 2.05) is 70.2 Å². The van der Waals surface area contributed by atoms with Crippen LogP contribution < -0.4 is 20.2 Å². The molecular formula is C27H29N3O4. The summed E-state index contributed by atoms with van der Waals surface area (Å²) < 4.78 is 11.7. The van der Waals surface area contributed by atoms with Crippen LogP contribution in [0.3, 0.4) is 0 Å². The first kappa shape index (κ1) is 24.5. The molecule has 2 N–H and O–H groups in total. The van der Waals surface area contributed by atoms with Crippen molar-refractivity contribution < 1.29 is 19.1 Å². The van der Waals surface area contributed by atoms with Gasteiger partial charge in [-0.05, 0) is 73.7 Å². The lowest BCUT2D eigenvalue weighted by Gasteiger charge is -2.13. The third kappa shape index (κ3) is 6.45. The van der Waals surface area contributed by atoms with E-state index in [-0.39, 0.29) is 0 Å². The molecule has 3 rings (SSSR count). The minimum atomic E-state index is -0.859. The van der Waals surface area contributed by atoms with Gasteiger partial charge in [0.1, 0.15) is 6.61 Å². The molecule has 0 aromatic heterocycles. The van der Waals surface area contributed by atoms with Crippen molar-refractivity contribution in [2.75, 3.05) is 11.9 Å². The quantitative estimate of drug-likeness (QED) is 0.291. The average Bonchev–Trinajstić information content (AvgIpc) is 2.82. The standard InChI is InChI=1S/C27H29N3O4/c1-5-33-24-15-21(13-14-23(24)34-17-22-12-7-6-9-18(22)2)16-28-30-27(32)26(31)29-25-19(3)10-8-11-20(25)4/h6-16H,5,17H2,1-4H3,(H,29,31)(H,30,32)/b28-16+. The highest BCUT2D eigenvalue weighted by Crippen LogP contribution is 2.29. The van der Waals surface area contributed by atoms with E-state index in [4.69, 9.17) is 9.47 Å². The van der Waals surface area contributed by atoms with Crippen LogP contribution in [0.25, 0.3) is 0 Å². The molecule has 2 amide bonds. The summed E-state index contributed by atoms with van der Waals surface area (Å²) in [6.45, 7) is 8.55. The van der Waals surface area contributed by atoms with Crippen LogP contribution in [0.15, 0.2) is 65.8 Å². The summed E-state index contributed by atoms with van der Waals surface area (Å²) in [4.78, 5) is 24.4. The van der Waals surface area contributed by atoms with Crippen LogP contribution in [0, 0.1) is 20.8 Å². The molecule has 3 aromatic carbocycles. The summed E-state index contributed by atoms with van der Waals surface area (Å²) in [5, 5.41) is 6.53. The van der Waals surface area contributed by atoms with Gasteiger partial charge in [0.15, 0.2) is 11.5 Å². The molecule has 3 aromatic rings. The summed E-state index contributed by atoms with van der Waals surface area (Å²) in [5.41, 5.74) is 7.55. The number of carbonyl (C=O) groups excluding carboxylic acids is 2. The third-order valence-corrected chi connectivity index (χ3v) is 5.22. The van der Waals surface area contributed by atoms with E-state index in [2.05, 4.69) is 15.8 Å². The monoisotopic (exact) mass is 459 g/mol. The molecule has 0 saturated heterocycles. The first-order valence-corrected chi connectivity index (χ1v) is 11.0. The Morgan fingerprint density at radius 1 is 0.853 bits per heavy atom. The molecule has 0 aliphatic carbocycles. The molecular weight excluding hydrogens is 430 g/mol. The van der Waals surface area contributed by atoms with E-state index in [1.54, 1.807) is 18.2 Å². The zero-order chi connectivity index (χ0) is 24.5. The molecule has 0 aliphatic heterocycles. The second-order valence-electron chi connectivity index (χ2n) is 7.77. The van der Waals surface area contributed by atoms with Crippen LogP contribution in [0.1, 0.15) is 34.7 Å². The predicted molar refractivity (Wildman–Crippen MR) is 133 cm³/mol. The number of ether oxygens (including phenoxy) is 2. The van der Waals surface area contributed by atoms with E-state index < -0.39 is 11.8 Å². The minimum absolute atomic E-state index is 0.422. The third-order valence-electron chi connectivity index (χ3n) is 5.22. The van der Waals surface area contributed by atoms with Crippen LogP contribution in [0.2, 0.25) is 0 Å². The van der Waals surface area contributed by atoms with Gasteiger partial charge in [-0.3, -0.25) is 9.59 Å². The van der Waals surface area contributed by atoms with Crippen molar-refractivity contribution in [2.24, 2.45) is 5.10 Å². The second-order valence-corrected chi connectivity index (χ2v) is 7.77. The van der Waals surface area contributed by atoms with Gasteiger partial charge in [0, 0.05) is 5.69 Å². The van der Waals surface area contributed by atoms with E-state index in [0.717, 1.165) is 22.3 Å². The van der Waals surface area contributed by atoms with Crippen LogP contribution >= 0.6 is 0 Å². The lowest BCUT2D eigenvalue weighted by Crippen LogP contribution is -2.32. The Bertz CT molecular complexity index is 1180. The Morgan fingerprint density at radius 3 is 2.26 bits per heavy atom. The summed E-state index contributed by atoms with van der Waals surface area (Å²) in [5.74, 6) is -0.468. The molecule has 0 saturated carbocycles. The van der Waals surface area contributed by atoms with Gasteiger partial charge in [0.25, 0.3) is 0 Å². The normalized spacial score (nSPS) is 10.7. The number of hydrogen-bond acceptors (Lipinski definition) is 5. The maximum atomic E-state index is 12.2. The first-order chi connectivity index (χ1) is 16.4. The van der Waals surface area contributed by atoms with Crippen molar-refractivity contribution in [3.63, 3.8) is 0 Å².